The molecular formula is C23H41N5O3. The minimum absolute atomic E-state index is 0.0237. The van der Waals surface area contributed by atoms with Gasteiger partial charge in [0, 0.05) is 6.54 Å². The Bertz CT molecular complexity index is 633. The van der Waals surface area contributed by atoms with Gasteiger partial charge in [-0.3, -0.25) is 9.59 Å². The van der Waals surface area contributed by atoms with Crippen LogP contribution in [0, 0.1) is 12.3 Å². The number of hydrogen-bond acceptors (Lipinski definition) is 4. The van der Waals surface area contributed by atoms with Gasteiger partial charge in [-0.05, 0) is 12.8 Å². The first-order chi connectivity index (χ1) is 14.9. The summed E-state index contributed by atoms with van der Waals surface area (Å²) in [4.78, 5) is 41.6. The Balaban J connectivity index is 0.00000151. The van der Waals surface area contributed by atoms with Crippen molar-refractivity contribution in [3.8, 4) is 12.3 Å². The number of unbranched alkanes of at least 4 members (excludes halogenated alkanes) is 4. The maximum Gasteiger partial charge on any atom is 0.331 e. The Morgan fingerprint density at radius 3 is 2.29 bits per heavy atom. The molecule has 0 bridgehead atoms. The van der Waals surface area contributed by atoms with Gasteiger partial charge in [-0.25, -0.2) is 9.80 Å². The number of rotatable bonds is 9. The van der Waals surface area contributed by atoms with E-state index in [0.29, 0.717) is 13.0 Å². The number of amides is 4. The third-order valence-corrected chi connectivity index (χ3v) is 5.44. The van der Waals surface area contributed by atoms with E-state index < -0.39 is 18.2 Å². The quantitative estimate of drug-likeness (QED) is 0.445. The van der Waals surface area contributed by atoms with Gasteiger partial charge in [0.1, 0.15) is 12.2 Å². The highest BCUT2D eigenvalue weighted by Crippen LogP contribution is 2.28. The van der Waals surface area contributed by atoms with E-state index >= 15 is 0 Å². The standard InChI is InChI=1S/C20H33N5O3.C3H8/c1-4-7-9-10-13-22-14-17-24(16(19(22)27)11-8-5-2)18(26)15-23(12-6-3)25(17)20(21)28;1-3-2/h3,16-17H,4-5,7-15H2,1-2H3,(H2,21,28);3H2,1-2H3/t16-,17?;/m0./s1. The Labute approximate surface area is 188 Å². The Morgan fingerprint density at radius 2 is 1.74 bits per heavy atom. The number of urea groups is 1. The third-order valence-electron chi connectivity index (χ3n) is 5.44. The molecule has 0 aromatic carbocycles. The normalized spacial score (nSPS) is 21.3. The molecule has 0 radical (unpaired) electrons. The van der Waals surface area contributed by atoms with Crippen molar-refractivity contribution < 1.29 is 14.4 Å². The predicted octanol–water partition coefficient (Wildman–Crippen LogP) is 2.78. The lowest BCUT2D eigenvalue weighted by Crippen LogP contribution is -2.76. The highest BCUT2D eigenvalue weighted by Gasteiger charge is 2.50. The summed E-state index contributed by atoms with van der Waals surface area (Å²) in [6.45, 7) is 9.41. The van der Waals surface area contributed by atoms with Gasteiger partial charge in [0.15, 0.2) is 0 Å². The van der Waals surface area contributed by atoms with E-state index in [-0.39, 0.29) is 31.4 Å². The Morgan fingerprint density at radius 1 is 1.10 bits per heavy atom. The molecule has 8 nitrogen and oxygen atoms in total. The molecule has 1 unspecified atom stereocenters. The van der Waals surface area contributed by atoms with Crippen LogP contribution in [0.25, 0.3) is 0 Å². The fraction of sp³-hybridized carbons (Fsp3) is 0.783. The number of piperazine rings is 1. The smallest absolute Gasteiger partial charge is 0.331 e. The van der Waals surface area contributed by atoms with Gasteiger partial charge >= 0.3 is 6.03 Å². The van der Waals surface area contributed by atoms with E-state index in [0.717, 1.165) is 38.5 Å². The molecule has 2 aliphatic rings. The van der Waals surface area contributed by atoms with Crippen LogP contribution in [0.3, 0.4) is 0 Å². The van der Waals surface area contributed by atoms with E-state index in [1.165, 1.54) is 16.4 Å². The van der Waals surface area contributed by atoms with Crippen LogP contribution in [0.5, 0.6) is 0 Å². The van der Waals surface area contributed by atoms with Gasteiger partial charge in [0.2, 0.25) is 11.8 Å². The molecule has 0 aromatic rings. The van der Waals surface area contributed by atoms with Gasteiger partial charge in [-0.1, -0.05) is 72.1 Å². The van der Waals surface area contributed by atoms with Crippen molar-refractivity contribution in [1.29, 1.82) is 0 Å². The number of hydrogen-bond donors (Lipinski definition) is 1. The zero-order valence-corrected chi connectivity index (χ0v) is 19.8. The summed E-state index contributed by atoms with van der Waals surface area (Å²) in [6.07, 6.45) is 12.6. The molecule has 2 fully saturated rings. The zero-order valence-electron chi connectivity index (χ0n) is 19.8. The molecule has 2 rings (SSSR count). The van der Waals surface area contributed by atoms with Crippen molar-refractivity contribution in [2.45, 2.75) is 91.3 Å². The summed E-state index contributed by atoms with van der Waals surface area (Å²) < 4.78 is 0. The molecule has 31 heavy (non-hydrogen) atoms. The number of nitrogens with two attached hydrogens (primary N) is 1. The number of carbonyl (C=O) groups is 3. The second kappa shape index (κ2) is 13.9. The van der Waals surface area contributed by atoms with Gasteiger partial charge in [0.25, 0.3) is 0 Å². The molecule has 4 amide bonds. The minimum Gasteiger partial charge on any atom is -0.350 e. The topological polar surface area (TPSA) is 90.2 Å². The highest BCUT2D eigenvalue weighted by atomic mass is 16.2. The number of fused-ring (bicyclic) bond motifs is 1. The average molecular weight is 436 g/mol. The van der Waals surface area contributed by atoms with Crippen molar-refractivity contribution in [1.82, 2.24) is 19.8 Å². The van der Waals surface area contributed by atoms with Gasteiger partial charge < -0.3 is 15.5 Å². The van der Waals surface area contributed by atoms with Crippen LogP contribution < -0.4 is 5.73 Å². The fourth-order valence-corrected chi connectivity index (χ4v) is 4.06. The molecule has 2 saturated heterocycles. The molecular weight excluding hydrogens is 394 g/mol. The molecule has 2 heterocycles. The zero-order chi connectivity index (χ0) is 23.4. The number of primary amides is 1. The van der Waals surface area contributed by atoms with Crippen LogP contribution in [0.15, 0.2) is 0 Å². The Hall–Kier alpha value is -2.27. The summed E-state index contributed by atoms with van der Waals surface area (Å²) >= 11 is 0. The monoisotopic (exact) mass is 435 g/mol. The average Bonchev–Trinajstić information content (AvgIpc) is 2.71. The van der Waals surface area contributed by atoms with Gasteiger partial charge in [-0.2, -0.15) is 5.01 Å². The van der Waals surface area contributed by atoms with Gasteiger partial charge in [-0.15, -0.1) is 6.42 Å². The molecule has 2 atom stereocenters. The van der Waals surface area contributed by atoms with Crippen molar-refractivity contribution in [2.24, 2.45) is 5.73 Å². The van der Waals surface area contributed by atoms with Crippen molar-refractivity contribution in [2.75, 3.05) is 26.2 Å². The summed E-state index contributed by atoms with van der Waals surface area (Å²) in [5.74, 6) is 2.27. The second-order valence-electron chi connectivity index (χ2n) is 8.20. The maximum absolute atomic E-state index is 13.1. The predicted molar refractivity (Wildman–Crippen MR) is 122 cm³/mol. The van der Waals surface area contributed by atoms with Crippen molar-refractivity contribution in [3.05, 3.63) is 0 Å². The first-order valence-corrected chi connectivity index (χ1v) is 11.7. The van der Waals surface area contributed by atoms with Crippen molar-refractivity contribution >= 4 is 17.8 Å². The minimum atomic E-state index is -0.660. The number of carbonyl (C=O) groups excluding carboxylic acids is 3. The van der Waals surface area contributed by atoms with Crippen LogP contribution >= 0.6 is 0 Å². The summed E-state index contributed by atoms with van der Waals surface area (Å²) in [7, 11) is 0. The second-order valence-corrected chi connectivity index (χ2v) is 8.20. The third kappa shape index (κ3) is 7.13. The molecule has 0 saturated carbocycles. The van der Waals surface area contributed by atoms with Crippen LogP contribution in [0.2, 0.25) is 0 Å². The summed E-state index contributed by atoms with van der Waals surface area (Å²) in [5, 5.41) is 2.87. The van der Waals surface area contributed by atoms with Gasteiger partial charge in [0.05, 0.1) is 19.6 Å². The first kappa shape index (κ1) is 26.8. The van der Waals surface area contributed by atoms with Crippen LogP contribution in [0.1, 0.15) is 79.1 Å². The lowest BCUT2D eigenvalue weighted by atomic mass is 10.0. The lowest BCUT2D eigenvalue weighted by Gasteiger charge is -2.54. The summed E-state index contributed by atoms with van der Waals surface area (Å²) in [6, 6.07) is -1.21. The molecule has 0 spiro atoms. The number of terminal acetylenes is 1. The largest absolute Gasteiger partial charge is 0.350 e. The van der Waals surface area contributed by atoms with E-state index in [1.54, 1.807) is 9.80 Å². The van der Waals surface area contributed by atoms with Crippen molar-refractivity contribution in [3.63, 3.8) is 0 Å². The maximum atomic E-state index is 13.1. The van der Waals surface area contributed by atoms with E-state index in [2.05, 4.69) is 33.6 Å². The van der Waals surface area contributed by atoms with E-state index in [9.17, 15) is 14.4 Å². The molecule has 176 valence electrons. The molecule has 2 aliphatic heterocycles. The van der Waals surface area contributed by atoms with Crippen LogP contribution in [-0.2, 0) is 9.59 Å². The fourth-order valence-electron chi connectivity index (χ4n) is 4.06. The SMILES string of the molecule is C#CCN1CC(=O)N2C(CN(CCCCCC)C(=O)[C@@H]2CCCC)N1C(N)=O.CCC. The highest BCUT2D eigenvalue weighted by molar-refractivity contribution is 5.91. The molecule has 0 aliphatic carbocycles. The summed E-state index contributed by atoms with van der Waals surface area (Å²) in [5.41, 5.74) is 5.64. The van der Waals surface area contributed by atoms with Crippen LogP contribution in [0.4, 0.5) is 4.79 Å². The van der Waals surface area contributed by atoms with E-state index in [1.807, 2.05) is 0 Å². The molecule has 0 aromatic heterocycles. The molecule has 2 N–H and O–H groups in total. The number of nitrogens with zero attached hydrogens (tertiary/aromatic N) is 4. The first-order valence-electron chi connectivity index (χ1n) is 11.7. The molecule has 8 heteroatoms. The van der Waals surface area contributed by atoms with E-state index in [4.69, 9.17) is 12.2 Å². The Kier molecular flexibility index (Phi) is 12.0. The lowest BCUT2D eigenvalue weighted by molar-refractivity contribution is -0.188. The van der Waals surface area contributed by atoms with Crippen LogP contribution in [-0.4, -0.2) is 76.0 Å². The number of hydrazine groups is 1.